The van der Waals surface area contributed by atoms with Crippen molar-refractivity contribution in [3.63, 3.8) is 0 Å². The first kappa shape index (κ1) is 12.0. The molecular weight excluding hydrogens is 232 g/mol. The van der Waals surface area contributed by atoms with Crippen LogP contribution < -0.4 is 9.47 Å². The van der Waals surface area contributed by atoms with Gasteiger partial charge >= 0.3 is 0 Å². The van der Waals surface area contributed by atoms with Crippen LogP contribution in [0.2, 0.25) is 0 Å². The number of aromatic hydroxyl groups is 1. The lowest BCUT2D eigenvalue weighted by Gasteiger charge is -2.13. The van der Waals surface area contributed by atoms with Crippen LogP contribution in [0.4, 0.5) is 0 Å². The standard InChI is InChI=1S/C14H12O4/c1-17-14-12(16)8-7-10(9-15)13(14)18-11-5-3-2-4-6-11/h2-9,16H,1H3. The molecule has 4 heteroatoms. The number of benzene rings is 2. The lowest BCUT2D eigenvalue weighted by Crippen LogP contribution is -1.95. The minimum Gasteiger partial charge on any atom is -0.504 e. The van der Waals surface area contributed by atoms with Gasteiger partial charge in [-0.1, -0.05) is 18.2 Å². The molecular formula is C14H12O4. The third-order valence-corrected chi connectivity index (χ3v) is 2.42. The predicted octanol–water partition coefficient (Wildman–Crippen LogP) is 3.01. The first-order chi connectivity index (χ1) is 8.76. The molecule has 0 amide bonds. The van der Waals surface area contributed by atoms with Gasteiger partial charge in [-0.05, 0) is 24.3 Å². The highest BCUT2D eigenvalue weighted by atomic mass is 16.5. The van der Waals surface area contributed by atoms with Crippen LogP contribution >= 0.6 is 0 Å². The Bertz CT molecular complexity index is 549. The molecule has 18 heavy (non-hydrogen) atoms. The molecule has 0 aliphatic rings. The van der Waals surface area contributed by atoms with E-state index in [4.69, 9.17) is 9.47 Å². The number of phenols is 1. The number of carbonyl (C=O) groups is 1. The van der Waals surface area contributed by atoms with Gasteiger partial charge < -0.3 is 14.6 Å². The van der Waals surface area contributed by atoms with E-state index >= 15 is 0 Å². The molecule has 0 saturated heterocycles. The molecule has 4 nitrogen and oxygen atoms in total. The SMILES string of the molecule is COc1c(O)ccc(C=O)c1Oc1ccccc1. The molecule has 0 fully saturated rings. The van der Waals surface area contributed by atoms with Crippen LogP contribution in [-0.4, -0.2) is 18.5 Å². The summed E-state index contributed by atoms with van der Waals surface area (Å²) >= 11 is 0. The fourth-order valence-corrected chi connectivity index (χ4v) is 1.57. The second kappa shape index (κ2) is 5.23. The maximum absolute atomic E-state index is 11.0. The van der Waals surface area contributed by atoms with Crippen molar-refractivity contribution in [2.24, 2.45) is 0 Å². The third kappa shape index (κ3) is 2.27. The fraction of sp³-hybridized carbons (Fsp3) is 0.0714. The first-order valence-electron chi connectivity index (χ1n) is 5.34. The van der Waals surface area contributed by atoms with Crippen LogP contribution in [0.5, 0.6) is 23.0 Å². The quantitative estimate of drug-likeness (QED) is 0.840. The van der Waals surface area contributed by atoms with Crippen LogP contribution in [0.15, 0.2) is 42.5 Å². The molecule has 0 aliphatic heterocycles. The van der Waals surface area contributed by atoms with Crippen molar-refractivity contribution < 1.29 is 19.4 Å². The number of rotatable bonds is 4. The van der Waals surface area contributed by atoms with E-state index in [2.05, 4.69) is 0 Å². The second-order valence-electron chi connectivity index (χ2n) is 3.57. The molecule has 0 unspecified atom stereocenters. The Labute approximate surface area is 104 Å². The zero-order chi connectivity index (χ0) is 13.0. The van der Waals surface area contributed by atoms with Gasteiger partial charge in [0.15, 0.2) is 17.8 Å². The first-order valence-corrected chi connectivity index (χ1v) is 5.34. The van der Waals surface area contributed by atoms with E-state index in [0.717, 1.165) is 0 Å². The number of para-hydroxylation sites is 1. The zero-order valence-corrected chi connectivity index (χ0v) is 9.79. The highest BCUT2D eigenvalue weighted by molar-refractivity contribution is 5.82. The van der Waals surface area contributed by atoms with Gasteiger partial charge in [0.25, 0.3) is 0 Å². The van der Waals surface area contributed by atoms with Crippen molar-refractivity contribution in [2.75, 3.05) is 7.11 Å². The van der Waals surface area contributed by atoms with Gasteiger partial charge in [-0.15, -0.1) is 0 Å². The third-order valence-electron chi connectivity index (χ3n) is 2.42. The molecule has 0 spiro atoms. The van der Waals surface area contributed by atoms with E-state index in [0.29, 0.717) is 17.6 Å². The molecule has 2 aromatic rings. The molecule has 2 aromatic carbocycles. The molecule has 0 bridgehead atoms. The minimum absolute atomic E-state index is 0.0750. The molecule has 0 aromatic heterocycles. The fourth-order valence-electron chi connectivity index (χ4n) is 1.57. The van der Waals surface area contributed by atoms with Crippen LogP contribution in [0.3, 0.4) is 0 Å². The Morgan fingerprint density at radius 3 is 2.39 bits per heavy atom. The summed E-state index contributed by atoms with van der Waals surface area (Å²) in [6, 6.07) is 11.8. The van der Waals surface area contributed by atoms with Gasteiger partial charge in [-0.2, -0.15) is 0 Å². The highest BCUT2D eigenvalue weighted by Gasteiger charge is 2.15. The number of hydrogen-bond donors (Lipinski definition) is 1. The molecule has 0 heterocycles. The van der Waals surface area contributed by atoms with Crippen molar-refractivity contribution in [1.29, 1.82) is 0 Å². The van der Waals surface area contributed by atoms with Crippen LogP contribution in [-0.2, 0) is 0 Å². The maximum Gasteiger partial charge on any atom is 0.204 e. The van der Waals surface area contributed by atoms with E-state index in [1.54, 1.807) is 12.1 Å². The van der Waals surface area contributed by atoms with Gasteiger partial charge in [0.05, 0.1) is 12.7 Å². The van der Waals surface area contributed by atoms with Crippen molar-refractivity contribution in [3.05, 3.63) is 48.0 Å². The molecule has 0 aliphatic carbocycles. The van der Waals surface area contributed by atoms with Crippen LogP contribution in [0.1, 0.15) is 10.4 Å². The topological polar surface area (TPSA) is 55.8 Å². The summed E-state index contributed by atoms with van der Waals surface area (Å²) in [6.45, 7) is 0. The van der Waals surface area contributed by atoms with Crippen molar-refractivity contribution in [1.82, 2.24) is 0 Å². The van der Waals surface area contributed by atoms with Gasteiger partial charge in [-0.25, -0.2) is 0 Å². The zero-order valence-electron chi connectivity index (χ0n) is 9.79. The monoisotopic (exact) mass is 244 g/mol. The van der Waals surface area contributed by atoms with E-state index in [1.807, 2.05) is 18.2 Å². The smallest absolute Gasteiger partial charge is 0.204 e. The summed E-state index contributed by atoms with van der Waals surface area (Å²) in [7, 11) is 1.40. The number of phenolic OH excluding ortho intramolecular Hbond substituents is 1. The Balaban J connectivity index is 2.48. The lowest BCUT2D eigenvalue weighted by atomic mass is 10.2. The summed E-state index contributed by atoms with van der Waals surface area (Å²) in [4.78, 5) is 11.0. The van der Waals surface area contributed by atoms with Crippen molar-refractivity contribution in [2.45, 2.75) is 0 Å². The minimum atomic E-state index is -0.0750. The lowest BCUT2D eigenvalue weighted by molar-refractivity contribution is 0.112. The molecule has 92 valence electrons. The summed E-state index contributed by atoms with van der Waals surface area (Å²) in [5, 5.41) is 9.67. The Kier molecular flexibility index (Phi) is 3.48. The van der Waals surface area contributed by atoms with E-state index in [-0.39, 0.29) is 17.2 Å². The molecule has 0 atom stereocenters. The Hall–Kier alpha value is -2.49. The predicted molar refractivity (Wildman–Crippen MR) is 66.6 cm³/mol. The number of ether oxygens (including phenoxy) is 2. The van der Waals surface area contributed by atoms with Crippen molar-refractivity contribution >= 4 is 6.29 Å². The number of hydrogen-bond acceptors (Lipinski definition) is 4. The van der Waals surface area contributed by atoms with Gasteiger partial charge in [0.2, 0.25) is 5.75 Å². The summed E-state index contributed by atoms with van der Waals surface area (Å²) in [5.41, 5.74) is 0.313. The molecule has 0 radical (unpaired) electrons. The van der Waals surface area contributed by atoms with Crippen LogP contribution in [0, 0.1) is 0 Å². The number of carbonyl (C=O) groups excluding carboxylic acids is 1. The number of methoxy groups -OCH3 is 1. The Morgan fingerprint density at radius 2 is 1.78 bits per heavy atom. The molecule has 2 rings (SSSR count). The largest absolute Gasteiger partial charge is 0.504 e. The highest BCUT2D eigenvalue weighted by Crippen LogP contribution is 2.40. The average Bonchev–Trinajstić information content (AvgIpc) is 2.40. The van der Waals surface area contributed by atoms with Gasteiger partial charge in [0, 0.05) is 0 Å². The summed E-state index contributed by atoms with van der Waals surface area (Å²) in [6.07, 6.45) is 0.653. The van der Waals surface area contributed by atoms with E-state index in [9.17, 15) is 9.90 Å². The van der Waals surface area contributed by atoms with E-state index < -0.39 is 0 Å². The Morgan fingerprint density at radius 1 is 1.06 bits per heavy atom. The summed E-state index contributed by atoms with van der Waals surface area (Å²) < 4.78 is 10.6. The normalized spacial score (nSPS) is 9.83. The van der Waals surface area contributed by atoms with Gasteiger partial charge in [0.1, 0.15) is 5.75 Å². The van der Waals surface area contributed by atoms with Crippen molar-refractivity contribution in [3.8, 4) is 23.0 Å². The molecule has 0 saturated carbocycles. The maximum atomic E-state index is 11.0. The average molecular weight is 244 g/mol. The van der Waals surface area contributed by atoms with Crippen LogP contribution in [0.25, 0.3) is 0 Å². The van der Waals surface area contributed by atoms with Gasteiger partial charge in [-0.3, -0.25) is 4.79 Å². The molecule has 1 N–H and O–H groups in total. The number of aldehydes is 1. The second-order valence-corrected chi connectivity index (χ2v) is 3.57. The summed E-state index contributed by atoms with van der Waals surface area (Å²) in [5.74, 6) is 0.834. The van der Waals surface area contributed by atoms with E-state index in [1.165, 1.54) is 19.2 Å².